The summed E-state index contributed by atoms with van der Waals surface area (Å²) >= 11 is 4.79. The topological polar surface area (TPSA) is 118 Å². The molecule has 10 nitrogen and oxygen atoms in total. The monoisotopic (exact) mass is 788 g/mol. The van der Waals surface area contributed by atoms with Crippen LogP contribution in [0.5, 0.6) is 5.75 Å². The summed E-state index contributed by atoms with van der Waals surface area (Å²) in [5, 5.41) is 11.6. The van der Waals surface area contributed by atoms with Crippen molar-refractivity contribution in [2.24, 2.45) is 4.99 Å². The number of fused-ring (bicyclic) bond motifs is 1. The summed E-state index contributed by atoms with van der Waals surface area (Å²) in [5.74, 6) is -0.0713. The van der Waals surface area contributed by atoms with Crippen molar-refractivity contribution in [3.63, 3.8) is 0 Å². The molecule has 53 heavy (non-hydrogen) atoms. The summed E-state index contributed by atoms with van der Waals surface area (Å²) in [6.45, 7) is 5.29. The molecule has 0 radical (unpaired) electrons. The van der Waals surface area contributed by atoms with E-state index in [1.807, 2.05) is 84.9 Å². The lowest BCUT2D eigenvalue weighted by Gasteiger charge is -2.26. The Labute approximate surface area is 316 Å². The zero-order valence-corrected chi connectivity index (χ0v) is 31.6. The third kappa shape index (κ3) is 6.78. The smallest absolute Gasteiger partial charge is 0.338 e. The van der Waals surface area contributed by atoms with E-state index in [1.165, 1.54) is 23.5 Å². The van der Waals surface area contributed by atoms with E-state index in [0.29, 0.717) is 32.0 Å². The molecule has 1 atom stereocenters. The maximum atomic E-state index is 14.7. The highest BCUT2D eigenvalue weighted by Gasteiger charge is 2.36. The molecular weight excluding hydrogens is 756 g/mol. The predicted molar refractivity (Wildman–Crippen MR) is 209 cm³/mol. The van der Waals surface area contributed by atoms with Gasteiger partial charge in [0.1, 0.15) is 11.8 Å². The number of halogens is 1. The minimum Gasteiger partial charge on any atom is -0.496 e. The first-order chi connectivity index (χ1) is 25.5. The Balaban J connectivity index is 1.52. The molecule has 6 aromatic rings. The van der Waals surface area contributed by atoms with Crippen molar-refractivity contribution >= 4 is 45.0 Å². The highest BCUT2D eigenvalue weighted by Crippen LogP contribution is 2.39. The lowest BCUT2D eigenvalue weighted by Crippen LogP contribution is -2.40. The van der Waals surface area contributed by atoms with E-state index in [1.54, 1.807) is 50.6 Å². The third-order valence-electron chi connectivity index (χ3n) is 8.82. The number of non-ortho nitro benzene ring substituents is 1. The molecule has 0 saturated heterocycles. The van der Waals surface area contributed by atoms with Crippen LogP contribution in [0, 0.1) is 10.1 Å². The van der Waals surface area contributed by atoms with Gasteiger partial charge in [-0.3, -0.25) is 19.5 Å². The number of nitro groups is 1. The molecule has 3 heterocycles. The Morgan fingerprint density at radius 3 is 2.25 bits per heavy atom. The molecule has 266 valence electrons. The molecule has 1 aliphatic heterocycles. The minimum atomic E-state index is -0.884. The fourth-order valence-corrected chi connectivity index (χ4v) is 7.98. The zero-order chi connectivity index (χ0) is 37.4. The molecule has 7 rings (SSSR count). The van der Waals surface area contributed by atoms with Crippen molar-refractivity contribution in [1.29, 1.82) is 0 Å². The largest absolute Gasteiger partial charge is 0.496 e. The van der Waals surface area contributed by atoms with Gasteiger partial charge in [0.25, 0.3) is 11.2 Å². The second kappa shape index (κ2) is 14.6. The van der Waals surface area contributed by atoms with Gasteiger partial charge in [-0.15, -0.1) is 0 Å². The molecule has 1 aliphatic rings. The number of rotatable bonds is 9. The molecular formula is C41H33BrN4O6S. The summed E-state index contributed by atoms with van der Waals surface area (Å²) in [7, 11) is 1.55. The fourth-order valence-electron chi connectivity index (χ4n) is 6.56. The Kier molecular flexibility index (Phi) is 9.82. The van der Waals surface area contributed by atoms with Crippen LogP contribution in [0.25, 0.3) is 34.3 Å². The Hall–Kier alpha value is -5.85. The number of aromatic nitrogens is 2. The highest BCUT2D eigenvalue weighted by atomic mass is 79.9. The van der Waals surface area contributed by atoms with Crippen molar-refractivity contribution in [3.8, 4) is 34.0 Å². The van der Waals surface area contributed by atoms with Crippen LogP contribution in [0.15, 0.2) is 135 Å². The maximum absolute atomic E-state index is 14.7. The van der Waals surface area contributed by atoms with Gasteiger partial charge in [-0.25, -0.2) is 9.79 Å². The molecule has 0 spiro atoms. The number of methoxy groups -OCH3 is 1. The predicted octanol–water partition coefficient (Wildman–Crippen LogP) is 7.99. The van der Waals surface area contributed by atoms with Crippen molar-refractivity contribution in [2.45, 2.75) is 32.9 Å². The molecule has 0 amide bonds. The number of benzene rings is 4. The Morgan fingerprint density at radius 1 is 0.962 bits per heavy atom. The van der Waals surface area contributed by atoms with Gasteiger partial charge in [-0.2, -0.15) is 0 Å². The van der Waals surface area contributed by atoms with Gasteiger partial charge in [0.15, 0.2) is 4.80 Å². The van der Waals surface area contributed by atoms with Crippen molar-refractivity contribution < 1.29 is 19.2 Å². The van der Waals surface area contributed by atoms with Gasteiger partial charge in [0.05, 0.1) is 45.3 Å². The van der Waals surface area contributed by atoms with E-state index < -0.39 is 23.0 Å². The van der Waals surface area contributed by atoms with E-state index in [4.69, 9.17) is 14.5 Å². The fraction of sp³-hybridized carbons (Fsp3) is 0.146. The number of nitrogens with zero attached hydrogens (tertiary/aromatic N) is 4. The second-order valence-electron chi connectivity index (χ2n) is 12.6. The number of ether oxygens (including phenoxy) is 2. The van der Waals surface area contributed by atoms with E-state index >= 15 is 0 Å². The highest BCUT2D eigenvalue weighted by molar-refractivity contribution is 9.10. The van der Waals surface area contributed by atoms with E-state index in [2.05, 4.69) is 20.5 Å². The lowest BCUT2D eigenvalue weighted by atomic mass is 9.95. The summed E-state index contributed by atoms with van der Waals surface area (Å²) in [5.41, 5.74) is 5.76. The normalized spacial score (nSPS) is 14.2. The molecule has 4 aromatic carbocycles. The number of allylic oxidation sites excluding steroid dienone is 1. The van der Waals surface area contributed by atoms with E-state index in [-0.39, 0.29) is 16.8 Å². The van der Waals surface area contributed by atoms with Crippen LogP contribution in [-0.4, -0.2) is 33.2 Å². The van der Waals surface area contributed by atoms with Gasteiger partial charge in [0, 0.05) is 33.4 Å². The van der Waals surface area contributed by atoms with E-state index in [9.17, 15) is 19.7 Å². The second-order valence-corrected chi connectivity index (χ2v) is 14.5. The quantitative estimate of drug-likeness (QED) is 0.0833. The molecule has 2 aromatic heterocycles. The molecule has 0 bridgehead atoms. The molecule has 0 N–H and O–H groups in total. The molecule has 0 unspecified atom stereocenters. The van der Waals surface area contributed by atoms with Gasteiger partial charge in [-0.05, 0) is 74.4 Å². The van der Waals surface area contributed by atoms with E-state index in [0.717, 1.165) is 32.6 Å². The third-order valence-corrected chi connectivity index (χ3v) is 10.3. The standard InChI is InChI=1S/C41H33BrN4O6S/c1-24(2)52-40(48)36-25(3)43-41-45(38(36)32-23-29(42)15-20-34(32)51-4)39(47)35(53-41)22-28-21-33(26-11-7-5-8-12-26)44(37(28)27-13-9-6-10-14-27)30-16-18-31(19-17-30)46(49)50/h5-24,38H,1-4H3/b35-22-/t38-/m1/s1. The van der Waals surface area contributed by atoms with Crippen LogP contribution in [0.1, 0.15) is 37.9 Å². The SMILES string of the molecule is COc1ccc(Br)cc1[C@@H]1C(C(=O)OC(C)C)=C(C)N=c2s/c(=C\c3cc(-c4ccccc4)n(-c4ccc([N+](=O)[O-])cc4)c3-c3ccccc3)c(=O)n21. The lowest BCUT2D eigenvalue weighted by molar-refractivity contribution is -0.384. The summed E-state index contributed by atoms with van der Waals surface area (Å²) < 4.78 is 16.2. The Bertz CT molecular complexity index is 2590. The van der Waals surface area contributed by atoms with Gasteiger partial charge < -0.3 is 14.0 Å². The van der Waals surface area contributed by atoms with Crippen LogP contribution in [0.3, 0.4) is 0 Å². The Morgan fingerprint density at radius 2 is 1.62 bits per heavy atom. The molecule has 0 aliphatic carbocycles. The van der Waals surface area contributed by atoms with Crippen LogP contribution >= 0.6 is 27.3 Å². The number of carbonyl (C=O) groups is 1. The summed E-state index contributed by atoms with van der Waals surface area (Å²) in [6.07, 6.45) is 1.45. The average molecular weight is 790 g/mol. The summed E-state index contributed by atoms with van der Waals surface area (Å²) in [4.78, 5) is 44.8. The number of esters is 1. The van der Waals surface area contributed by atoms with Crippen LogP contribution in [-0.2, 0) is 9.53 Å². The minimum absolute atomic E-state index is 0.0201. The first-order valence-electron chi connectivity index (χ1n) is 16.7. The van der Waals surface area contributed by atoms with Gasteiger partial charge in [-0.1, -0.05) is 87.9 Å². The van der Waals surface area contributed by atoms with Crippen molar-refractivity contribution in [2.75, 3.05) is 7.11 Å². The zero-order valence-electron chi connectivity index (χ0n) is 29.1. The van der Waals surface area contributed by atoms with Gasteiger partial charge in [0.2, 0.25) is 0 Å². The maximum Gasteiger partial charge on any atom is 0.338 e. The average Bonchev–Trinajstić information content (AvgIpc) is 3.68. The van der Waals surface area contributed by atoms with Crippen LogP contribution < -0.4 is 19.6 Å². The van der Waals surface area contributed by atoms with Crippen molar-refractivity contribution in [1.82, 2.24) is 9.13 Å². The number of hydrogen-bond acceptors (Lipinski definition) is 8. The number of hydrogen-bond donors (Lipinski definition) is 0. The molecule has 12 heteroatoms. The number of carbonyl (C=O) groups excluding carboxylic acids is 1. The molecule has 0 saturated carbocycles. The van der Waals surface area contributed by atoms with Gasteiger partial charge >= 0.3 is 5.97 Å². The van der Waals surface area contributed by atoms with Crippen LogP contribution in [0.4, 0.5) is 5.69 Å². The molecule has 0 fully saturated rings. The first kappa shape index (κ1) is 35.5. The number of thiazole rings is 1. The first-order valence-corrected chi connectivity index (χ1v) is 18.3. The van der Waals surface area contributed by atoms with Crippen LogP contribution in [0.2, 0.25) is 0 Å². The van der Waals surface area contributed by atoms with Crippen molar-refractivity contribution in [3.05, 3.63) is 166 Å². The summed E-state index contributed by atoms with van der Waals surface area (Å²) in [6, 6.07) is 32.6. The number of nitro benzene ring substituents is 1.